The number of benzene rings is 1. The molecule has 1 aromatic carbocycles. The van der Waals surface area contributed by atoms with E-state index < -0.39 is 0 Å². The van der Waals surface area contributed by atoms with Crippen LogP contribution in [0.25, 0.3) is 11.3 Å². The molecule has 0 radical (unpaired) electrons. The molecule has 0 N–H and O–H groups in total. The van der Waals surface area contributed by atoms with Gasteiger partial charge in [0.05, 0.1) is 11.4 Å². The molecule has 24 heavy (non-hydrogen) atoms. The maximum absolute atomic E-state index is 4.98. The smallest absolute Gasteiger partial charge is 0.0804 e. The number of aromatic nitrogens is 2. The number of hydrogen-bond donors (Lipinski definition) is 0. The van der Waals surface area contributed by atoms with E-state index in [0.717, 1.165) is 26.1 Å². The highest BCUT2D eigenvalue weighted by Gasteiger charge is 2.26. The lowest BCUT2D eigenvalue weighted by Crippen LogP contribution is -2.30. The van der Waals surface area contributed by atoms with Crippen LogP contribution in [0.2, 0.25) is 0 Å². The van der Waals surface area contributed by atoms with Gasteiger partial charge in [0.2, 0.25) is 0 Å². The Kier molecular flexibility index (Phi) is 4.25. The first-order valence-corrected chi connectivity index (χ1v) is 9.56. The molecule has 4 rings (SSSR count). The Bertz CT molecular complexity index is 803. The van der Waals surface area contributed by atoms with Crippen molar-refractivity contribution in [3.8, 4) is 11.3 Å². The van der Waals surface area contributed by atoms with Crippen LogP contribution in [-0.4, -0.2) is 21.2 Å². The van der Waals surface area contributed by atoms with Gasteiger partial charge in [0.1, 0.15) is 0 Å². The minimum Gasteiger partial charge on any atom is -0.293 e. The van der Waals surface area contributed by atoms with E-state index >= 15 is 0 Å². The third-order valence-corrected chi connectivity index (χ3v) is 5.36. The predicted octanol–water partition coefficient (Wildman–Crippen LogP) is 4.75. The van der Waals surface area contributed by atoms with Crippen molar-refractivity contribution >= 4 is 11.3 Å². The van der Waals surface area contributed by atoms with Gasteiger partial charge >= 0.3 is 0 Å². The van der Waals surface area contributed by atoms with Gasteiger partial charge in [-0.1, -0.05) is 30.3 Å². The van der Waals surface area contributed by atoms with Crippen molar-refractivity contribution < 1.29 is 0 Å². The first-order valence-electron chi connectivity index (χ1n) is 8.61. The van der Waals surface area contributed by atoms with E-state index in [1.165, 1.54) is 28.1 Å². The fourth-order valence-electron chi connectivity index (χ4n) is 3.52. The van der Waals surface area contributed by atoms with E-state index in [9.17, 15) is 0 Å². The van der Waals surface area contributed by atoms with Crippen molar-refractivity contribution in [1.82, 2.24) is 14.7 Å². The molecule has 0 spiro atoms. The maximum Gasteiger partial charge on any atom is 0.0804 e. The van der Waals surface area contributed by atoms with E-state index in [1.807, 2.05) is 0 Å². The van der Waals surface area contributed by atoms with Crippen LogP contribution in [-0.2, 0) is 19.5 Å². The Balaban J connectivity index is 1.64. The summed E-state index contributed by atoms with van der Waals surface area (Å²) < 4.78 is 2.22. The van der Waals surface area contributed by atoms with Gasteiger partial charge in [-0.2, -0.15) is 16.4 Å². The van der Waals surface area contributed by atoms with E-state index in [1.54, 1.807) is 11.3 Å². The van der Waals surface area contributed by atoms with Crippen molar-refractivity contribution in [2.75, 3.05) is 6.54 Å². The Hall–Kier alpha value is -1.91. The maximum atomic E-state index is 4.98. The summed E-state index contributed by atoms with van der Waals surface area (Å²) in [6.45, 7) is 7.48. The molecule has 0 atom stereocenters. The lowest BCUT2D eigenvalue weighted by Gasteiger charge is -2.26. The molecular weight excluding hydrogens is 314 g/mol. The molecule has 124 valence electrons. The van der Waals surface area contributed by atoms with Crippen LogP contribution in [0.1, 0.15) is 36.7 Å². The highest BCUT2D eigenvalue weighted by Crippen LogP contribution is 2.33. The number of rotatable bonds is 4. The number of nitrogens with zero attached hydrogens (tertiary/aromatic N) is 3. The van der Waals surface area contributed by atoms with Crippen molar-refractivity contribution in [3.63, 3.8) is 0 Å². The molecule has 0 bridgehead atoms. The first kappa shape index (κ1) is 15.6. The van der Waals surface area contributed by atoms with Crippen LogP contribution in [0, 0.1) is 0 Å². The summed E-state index contributed by atoms with van der Waals surface area (Å²) in [4.78, 5) is 2.51. The Morgan fingerprint density at radius 1 is 1.17 bits per heavy atom. The third-order valence-electron chi connectivity index (χ3n) is 4.68. The van der Waals surface area contributed by atoms with Crippen LogP contribution in [0.5, 0.6) is 0 Å². The third kappa shape index (κ3) is 2.92. The molecule has 4 heteroatoms. The van der Waals surface area contributed by atoms with Gasteiger partial charge in [-0.05, 0) is 37.3 Å². The van der Waals surface area contributed by atoms with Crippen molar-refractivity contribution in [2.24, 2.45) is 0 Å². The van der Waals surface area contributed by atoms with Gasteiger partial charge in [-0.15, -0.1) is 0 Å². The van der Waals surface area contributed by atoms with Gasteiger partial charge in [-0.3, -0.25) is 9.58 Å². The van der Waals surface area contributed by atoms with Gasteiger partial charge in [0.25, 0.3) is 0 Å². The number of fused-ring (bicyclic) bond motifs is 1. The number of hydrogen-bond acceptors (Lipinski definition) is 3. The van der Waals surface area contributed by atoms with Gasteiger partial charge in [-0.25, -0.2) is 0 Å². The second kappa shape index (κ2) is 6.54. The molecule has 1 aliphatic rings. The minimum atomic E-state index is 0.382. The molecule has 0 saturated heterocycles. The van der Waals surface area contributed by atoms with Crippen LogP contribution < -0.4 is 0 Å². The van der Waals surface area contributed by atoms with Gasteiger partial charge in [0.15, 0.2) is 0 Å². The monoisotopic (exact) mass is 337 g/mol. The van der Waals surface area contributed by atoms with Gasteiger partial charge in [0, 0.05) is 42.2 Å². The zero-order valence-corrected chi connectivity index (χ0v) is 15.1. The standard InChI is InChI=1S/C20H23N3S/c1-15(2)23-20(17-9-11-24-14-17)18-8-10-22(13-19(18)21-23)12-16-6-4-3-5-7-16/h3-7,9,11,14-15H,8,10,12-13H2,1-2H3. The Morgan fingerprint density at radius 3 is 2.71 bits per heavy atom. The summed E-state index contributed by atoms with van der Waals surface area (Å²) in [5, 5.41) is 9.38. The van der Waals surface area contributed by atoms with Crippen LogP contribution in [0.4, 0.5) is 0 Å². The zero-order chi connectivity index (χ0) is 16.5. The van der Waals surface area contributed by atoms with Crippen molar-refractivity contribution in [1.29, 1.82) is 0 Å². The largest absolute Gasteiger partial charge is 0.293 e. The molecule has 0 unspecified atom stereocenters. The van der Waals surface area contributed by atoms with Crippen LogP contribution >= 0.6 is 11.3 Å². The first-order chi connectivity index (χ1) is 11.7. The SMILES string of the molecule is CC(C)n1nc2c(c1-c1ccsc1)CCN(Cc1ccccc1)C2. The predicted molar refractivity (Wildman–Crippen MR) is 100 cm³/mol. The Morgan fingerprint density at radius 2 is 2.00 bits per heavy atom. The molecule has 3 nitrogen and oxygen atoms in total. The highest BCUT2D eigenvalue weighted by molar-refractivity contribution is 7.08. The van der Waals surface area contributed by atoms with Gasteiger partial charge < -0.3 is 0 Å². The lowest BCUT2D eigenvalue weighted by molar-refractivity contribution is 0.242. The summed E-state index contributed by atoms with van der Waals surface area (Å²) in [6, 6.07) is 13.3. The molecular formula is C20H23N3S. The molecule has 2 aromatic heterocycles. The second-order valence-corrected chi connectivity index (χ2v) is 7.55. The quantitative estimate of drug-likeness (QED) is 0.685. The second-order valence-electron chi connectivity index (χ2n) is 6.77. The average molecular weight is 337 g/mol. The zero-order valence-electron chi connectivity index (χ0n) is 14.3. The lowest BCUT2D eigenvalue weighted by atomic mass is 10.0. The van der Waals surface area contributed by atoms with Crippen molar-refractivity contribution in [3.05, 3.63) is 64.0 Å². The molecule has 3 aromatic rings. The summed E-state index contributed by atoms with van der Waals surface area (Å²) in [7, 11) is 0. The highest BCUT2D eigenvalue weighted by atomic mass is 32.1. The normalized spacial score (nSPS) is 15.0. The van der Waals surface area contributed by atoms with E-state index in [4.69, 9.17) is 5.10 Å². The molecule has 0 saturated carbocycles. The molecule has 0 aliphatic carbocycles. The summed E-state index contributed by atoms with van der Waals surface area (Å²) in [5.41, 5.74) is 6.74. The van der Waals surface area contributed by atoms with Crippen LogP contribution in [0.3, 0.4) is 0 Å². The van der Waals surface area contributed by atoms with E-state index in [2.05, 4.69) is 70.6 Å². The Labute approximate surface area is 147 Å². The minimum absolute atomic E-state index is 0.382. The molecule has 1 aliphatic heterocycles. The van der Waals surface area contributed by atoms with E-state index in [0.29, 0.717) is 6.04 Å². The molecule has 0 fully saturated rings. The fraction of sp³-hybridized carbons (Fsp3) is 0.350. The van der Waals surface area contributed by atoms with Crippen LogP contribution in [0.15, 0.2) is 47.2 Å². The number of thiophene rings is 1. The summed E-state index contributed by atoms with van der Waals surface area (Å²) in [6.07, 6.45) is 1.08. The topological polar surface area (TPSA) is 21.1 Å². The van der Waals surface area contributed by atoms with Crippen molar-refractivity contribution in [2.45, 2.75) is 39.4 Å². The summed E-state index contributed by atoms with van der Waals surface area (Å²) >= 11 is 1.76. The average Bonchev–Trinajstić information content (AvgIpc) is 3.22. The fourth-order valence-corrected chi connectivity index (χ4v) is 4.16. The summed E-state index contributed by atoms with van der Waals surface area (Å²) in [5.74, 6) is 0. The molecule has 0 amide bonds. The van der Waals surface area contributed by atoms with E-state index in [-0.39, 0.29) is 0 Å². The molecule has 3 heterocycles.